The highest BCUT2D eigenvalue weighted by molar-refractivity contribution is 5.98. The van der Waals surface area contributed by atoms with Crippen LogP contribution in [0.2, 0.25) is 0 Å². The van der Waals surface area contributed by atoms with Crippen molar-refractivity contribution in [3.05, 3.63) is 29.3 Å². The van der Waals surface area contributed by atoms with Crippen LogP contribution in [0.15, 0.2) is 18.2 Å². The van der Waals surface area contributed by atoms with Gasteiger partial charge in [-0.1, -0.05) is 19.8 Å². The van der Waals surface area contributed by atoms with E-state index >= 15 is 0 Å². The number of benzene rings is 1. The number of nitrogens with two attached hydrogens (primary N) is 1. The average molecular weight is 290 g/mol. The minimum absolute atomic E-state index is 0.184. The standard InChI is InChI=1S/C16H22N2O3/c1-10-4-3-7-16(17,9-10)15(21)18-12-5-6-13(14(19)20)11(2)8-12/h5-6,8,10H,3-4,7,9,17H2,1-2H3,(H,18,21)(H,19,20). The van der Waals surface area contributed by atoms with Crippen LogP contribution in [0.4, 0.5) is 5.69 Å². The quantitative estimate of drug-likeness (QED) is 0.797. The summed E-state index contributed by atoms with van der Waals surface area (Å²) >= 11 is 0. The predicted octanol–water partition coefficient (Wildman–Crippen LogP) is 2.54. The van der Waals surface area contributed by atoms with Crippen LogP contribution < -0.4 is 11.1 Å². The fraction of sp³-hybridized carbons (Fsp3) is 0.500. The second-order valence-corrected chi connectivity index (χ2v) is 6.15. The molecule has 21 heavy (non-hydrogen) atoms. The summed E-state index contributed by atoms with van der Waals surface area (Å²) in [6.07, 6.45) is 3.45. The third-order valence-corrected chi connectivity index (χ3v) is 4.20. The van der Waals surface area contributed by atoms with Crippen molar-refractivity contribution in [3.8, 4) is 0 Å². The van der Waals surface area contributed by atoms with Gasteiger partial charge in [0.05, 0.1) is 11.1 Å². The number of anilines is 1. The van der Waals surface area contributed by atoms with Gasteiger partial charge in [-0.2, -0.15) is 0 Å². The van der Waals surface area contributed by atoms with Crippen LogP contribution >= 0.6 is 0 Å². The van der Waals surface area contributed by atoms with Crippen molar-refractivity contribution < 1.29 is 14.7 Å². The zero-order chi connectivity index (χ0) is 15.6. The van der Waals surface area contributed by atoms with Gasteiger partial charge in [-0.15, -0.1) is 0 Å². The average Bonchev–Trinajstić information content (AvgIpc) is 2.37. The van der Waals surface area contributed by atoms with Gasteiger partial charge in [0.15, 0.2) is 0 Å². The molecule has 0 spiro atoms. The van der Waals surface area contributed by atoms with Gasteiger partial charge in [0, 0.05) is 5.69 Å². The molecular formula is C16H22N2O3. The predicted molar refractivity (Wildman–Crippen MR) is 81.3 cm³/mol. The van der Waals surface area contributed by atoms with Crippen LogP contribution in [0.25, 0.3) is 0 Å². The van der Waals surface area contributed by atoms with E-state index in [1.165, 1.54) is 6.07 Å². The molecule has 0 heterocycles. The number of carbonyl (C=O) groups excluding carboxylic acids is 1. The first kappa shape index (κ1) is 15.5. The molecule has 1 saturated carbocycles. The molecule has 1 amide bonds. The van der Waals surface area contributed by atoms with E-state index in [2.05, 4.69) is 12.2 Å². The topological polar surface area (TPSA) is 92.4 Å². The third kappa shape index (κ3) is 3.42. The highest BCUT2D eigenvalue weighted by atomic mass is 16.4. The first-order valence-corrected chi connectivity index (χ1v) is 7.26. The van der Waals surface area contributed by atoms with Gasteiger partial charge in [0.2, 0.25) is 5.91 Å². The maximum atomic E-state index is 12.4. The van der Waals surface area contributed by atoms with E-state index in [1.54, 1.807) is 19.1 Å². The van der Waals surface area contributed by atoms with Gasteiger partial charge in [0.25, 0.3) is 0 Å². The lowest BCUT2D eigenvalue weighted by Gasteiger charge is -2.35. The Balaban J connectivity index is 2.12. The Bertz CT molecular complexity index is 571. The smallest absolute Gasteiger partial charge is 0.335 e. The molecule has 4 N–H and O–H groups in total. The minimum atomic E-state index is -0.971. The molecule has 1 aliphatic carbocycles. The second kappa shape index (κ2) is 5.85. The molecule has 0 aliphatic heterocycles. The molecule has 2 rings (SSSR count). The molecule has 5 heteroatoms. The first-order valence-electron chi connectivity index (χ1n) is 7.26. The summed E-state index contributed by atoms with van der Waals surface area (Å²) in [6, 6.07) is 4.76. The SMILES string of the molecule is Cc1cc(NC(=O)C2(N)CCCC(C)C2)ccc1C(=O)O. The Hall–Kier alpha value is -1.88. The molecule has 2 atom stereocenters. The van der Waals surface area contributed by atoms with Gasteiger partial charge in [-0.25, -0.2) is 4.79 Å². The maximum absolute atomic E-state index is 12.4. The van der Waals surface area contributed by atoms with E-state index in [4.69, 9.17) is 10.8 Å². The van der Waals surface area contributed by atoms with Gasteiger partial charge >= 0.3 is 5.97 Å². The number of carboxylic acids is 1. The molecule has 0 saturated heterocycles. The number of aryl methyl sites for hydroxylation is 1. The van der Waals surface area contributed by atoms with Gasteiger partial charge in [-0.05, 0) is 49.4 Å². The first-order chi connectivity index (χ1) is 9.82. The molecule has 2 unspecified atom stereocenters. The Kier molecular flexibility index (Phi) is 4.32. The molecule has 0 radical (unpaired) electrons. The largest absolute Gasteiger partial charge is 0.478 e. The summed E-state index contributed by atoms with van der Waals surface area (Å²) < 4.78 is 0. The molecule has 5 nitrogen and oxygen atoms in total. The summed E-state index contributed by atoms with van der Waals surface area (Å²) in [6.45, 7) is 3.82. The van der Waals surface area contributed by atoms with Crippen molar-refractivity contribution in [2.75, 3.05) is 5.32 Å². The summed E-state index contributed by atoms with van der Waals surface area (Å²) in [7, 11) is 0. The van der Waals surface area contributed by atoms with Crippen molar-refractivity contribution in [3.63, 3.8) is 0 Å². The summed E-state index contributed by atoms with van der Waals surface area (Å²) in [5, 5.41) is 11.8. The molecular weight excluding hydrogens is 268 g/mol. The molecule has 114 valence electrons. The lowest BCUT2D eigenvalue weighted by Crippen LogP contribution is -2.53. The number of rotatable bonds is 3. The summed E-state index contributed by atoms with van der Waals surface area (Å²) in [5.74, 6) is -0.705. The van der Waals surface area contributed by atoms with Crippen molar-refractivity contribution in [2.45, 2.75) is 45.1 Å². The number of amides is 1. The van der Waals surface area contributed by atoms with Gasteiger partial charge in [0.1, 0.15) is 0 Å². The second-order valence-electron chi connectivity index (χ2n) is 6.15. The molecule has 1 aliphatic rings. The highest BCUT2D eigenvalue weighted by Gasteiger charge is 2.37. The van der Waals surface area contributed by atoms with Crippen molar-refractivity contribution in [1.82, 2.24) is 0 Å². The van der Waals surface area contributed by atoms with Crippen LogP contribution in [0, 0.1) is 12.8 Å². The molecule has 1 aromatic carbocycles. The number of carbonyl (C=O) groups is 2. The lowest BCUT2D eigenvalue weighted by molar-refractivity contribution is -0.122. The van der Waals surface area contributed by atoms with Crippen LogP contribution in [-0.4, -0.2) is 22.5 Å². The van der Waals surface area contributed by atoms with E-state index < -0.39 is 11.5 Å². The summed E-state index contributed by atoms with van der Waals surface area (Å²) in [4.78, 5) is 23.4. The fourth-order valence-electron chi connectivity index (χ4n) is 3.04. The third-order valence-electron chi connectivity index (χ3n) is 4.20. The normalized spacial score (nSPS) is 25.4. The van der Waals surface area contributed by atoms with E-state index in [1.807, 2.05) is 0 Å². The number of carboxylic acid groups (broad SMARTS) is 1. The molecule has 0 bridgehead atoms. The monoisotopic (exact) mass is 290 g/mol. The number of nitrogens with one attached hydrogen (secondary N) is 1. The summed E-state index contributed by atoms with van der Waals surface area (Å²) in [5.41, 5.74) is 6.87. The van der Waals surface area contributed by atoms with Crippen molar-refractivity contribution >= 4 is 17.6 Å². The van der Waals surface area contributed by atoms with Crippen LogP contribution in [0.1, 0.15) is 48.5 Å². The lowest BCUT2D eigenvalue weighted by atomic mass is 9.76. The Morgan fingerprint density at radius 3 is 2.71 bits per heavy atom. The van der Waals surface area contributed by atoms with Crippen molar-refractivity contribution in [2.24, 2.45) is 11.7 Å². The molecule has 1 aromatic rings. The van der Waals surface area contributed by atoms with E-state index in [0.29, 0.717) is 30.0 Å². The van der Waals surface area contributed by atoms with E-state index in [9.17, 15) is 9.59 Å². The van der Waals surface area contributed by atoms with Gasteiger partial charge < -0.3 is 16.2 Å². The van der Waals surface area contributed by atoms with Crippen LogP contribution in [-0.2, 0) is 4.79 Å². The van der Waals surface area contributed by atoms with E-state index in [0.717, 1.165) is 12.8 Å². The van der Waals surface area contributed by atoms with Gasteiger partial charge in [-0.3, -0.25) is 4.79 Å². The maximum Gasteiger partial charge on any atom is 0.335 e. The Morgan fingerprint density at radius 2 is 2.14 bits per heavy atom. The zero-order valence-corrected chi connectivity index (χ0v) is 12.5. The number of hydrogen-bond acceptors (Lipinski definition) is 3. The Labute approximate surface area is 124 Å². The van der Waals surface area contributed by atoms with Crippen molar-refractivity contribution in [1.29, 1.82) is 0 Å². The zero-order valence-electron chi connectivity index (χ0n) is 12.5. The number of aromatic carboxylic acids is 1. The number of hydrogen-bond donors (Lipinski definition) is 3. The highest BCUT2D eigenvalue weighted by Crippen LogP contribution is 2.31. The Morgan fingerprint density at radius 1 is 1.43 bits per heavy atom. The van der Waals surface area contributed by atoms with Crippen LogP contribution in [0.3, 0.4) is 0 Å². The van der Waals surface area contributed by atoms with E-state index in [-0.39, 0.29) is 11.5 Å². The fourth-order valence-corrected chi connectivity index (χ4v) is 3.04. The minimum Gasteiger partial charge on any atom is -0.478 e. The molecule has 0 aromatic heterocycles. The molecule has 1 fully saturated rings. The van der Waals surface area contributed by atoms with Crippen LogP contribution in [0.5, 0.6) is 0 Å².